The van der Waals surface area contributed by atoms with E-state index < -0.39 is 10.0 Å². The first-order valence-corrected chi connectivity index (χ1v) is 7.14. The topological polar surface area (TPSA) is 97.1 Å². The predicted octanol–water partition coefficient (Wildman–Crippen LogP) is -0.251. The second-order valence-corrected chi connectivity index (χ2v) is 5.64. The normalized spacial score (nSPS) is 11.6. The van der Waals surface area contributed by atoms with Crippen molar-refractivity contribution in [1.82, 2.24) is 19.7 Å². The van der Waals surface area contributed by atoms with Crippen molar-refractivity contribution in [3.8, 4) is 0 Å². The first kappa shape index (κ1) is 13.7. The average Bonchev–Trinajstić information content (AvgIpc) is 2.92. The third kappa shape index (κ3) is 3.60. The number of aliphatic hydroxyl groups excluding tert-OH is 1. The van der Waals surface area contributed by atoms with E-state index >= 15 is 0 Å². The van der Waals surface area contributed by atoms with Gasteiger partial charge in [-0.05, 0) is 17.7 Å². The Balaban J connectivity index is 2.01. The van der Waals surface area contributed by atoms with Crippen LogP contribution in [0.5, 0.6) is 0 Å². The van der Waals surface area contributed by atoms with E-state index in [0.29, 0.717) is 12.1 Å². The third-order valence-electron chi connectivity index (χ3n) is 2.50. The molecule has 2 N–H and O–H groups in total. The number of aromatic nitrogens is 3. The lowest BCUT2D eigenvalue weighted by Gasteiger charge is -2.07. The Kier molecular flexibility index (Phi) is 4.25. The van der Waals surface area contributed by atoms with Crippen LogP contribution in [0, 0.1) is 0 Å². The fraction of sp³-hybridized carbons (Fsp3) is 0.273. The molecule has 8 heteroatoms. The van der Waals surface area contributed by atoms with Crippen molar-refractivity contribution in [2.45, 2.75) is 18.0 Å². The molecular weight excluding hydrogens is 268 g/mol. The maximum atomic E-state index is 12.0. The lowest BCUT2D eigenvalue weighted by Crippen LogP contribution is -2.27. The van der Waals surface area contributed by atoms with E-state index in [0.717, 1.165) is 0 Å². The minimum absolute atomic E-state index is 0.137. The minimum Gasteiger partial charge on any atom is -0.392 e. The monoisotopic (exact) mass is 282 g/mol. The fourth-order valence-electron chi connectivity index (χ4n) is 1.54. The van der Waals surface area contributed by atoms with Crippen LogP contribution in [0.4, 0.5) is 0 Å². The maximum absolute atomic E-state index is 12.0. The molecule has 0 aliphatic carbocycles. The van der Waals surface area contributed by atoms with Crippen LogP contribution in [-0.2, 0) is 23.2 Å². The summed E-state index contributed by atoms with van der Waals surface area (Å²) in [6.07, 6.45) is 3.18. The Hall–Kier alpha value is -1.77. The molecule has 0 spiro atoms. The third-order valence-corrected chi connectivity index (χ3v) is 3.95. The van der Waals surface area contributed by atoms with Crippen LogP contribution in [0.3, 0.4) is 0 Å². The number of benzene rings is 1. The number of aliphatic hydroxyl groups is 1. The van der Waals surface area contributed by atoms with E-state index in [4.69, 9.17) is 5.11 Å². The van der Waals surface area contributed by atoms with Gasteiger partial charge in [-0.15, -0.1) is 5.10 Å². The molecule has 0 radical (unpaired) electrons. The Morgan fingerprint density at radius 3 is 2.89 bits per heavy atom. The van der Waals surface area contributed by atoms with Crippen molar-refractivity contribution in [3.05, 3.63) is 42.2 Å². The van der Waals surface area contributed by atoms with Crippen LogP contribution in [0.15, 0.2) is 41.6 Å². The van der Waals surface area contributed by atoms with Crippen molar-refractivity contribution in [3.63, 3.8) is 0 Å². The Labute approximate surface area is 110 Å². The first-order chi connectivity index (χ1) is 9.12. The molecule has 0 aliphatic rings. The molecule has 0 amide bonds. The summed E-state index contributed by atoms with van der Waals surface area (Å²) in [7, 11) is -3.57. The maximum Gasteiger partial charge on any atom is 0.240 e. The predicted molar refractivity (Wildman–Crippen MR) is 67.6 cm³/mol. The molecule has 2 rings (SSSR count). The van der Waals surface area contributed by atoms with Gasteiger partial charge in [-0.2, -0.15) is 0 Å². The molecule has 0 saturated heterocycles. The zero-order chi connectivity index (χ0) is 13.7. The number of hydrogen-bond acceptors (Lipinski definition) is 5. The Bertz CT molecular complexity index is 625. The van der Waals surface area contributed by atoms with Crippen LogP contribution in [-0.4, -0.2) is 35.1 Å². The fourth-order valence-corrected chi connectivity index (χ4v) is 2.63. The quantitative estimate of drug-likeness (QED) is 0.761. The van der Waals surface area contributed by atoms with Crippen molar-refractivity contribution in [1.29, 1.82) is 0 Å². The summed E-state index contributed by atoms with van der Waals surface area (Å²) in [5.41, 5.74) is 0.555. The standard InChI is InChI=1S/C11H14N4O3S/c16-9-10-2-1-3-11(8-10)19(17,18)13-5-7-15-6-4-12-14-15/h1-4,6,8,13,16H,5,7,9H2. The van der Waals surface area contributed by atoms with E-state index in [1.807, 2.05) is 0 Å². The van der Waals surface area contributed by atoms with Crippen LogP contribution in [0.1, 0.15) is 5.56 Å². The van der Waals surface area contributed by atoms with Gasteiger partial charge in [0.25, 0.3) is 0 Å². The van der Waals surface area contributed by atoms with E-state index in [2.05, 4.69) is 15.0 Å². The number of nitrogens with zero attached hydrogens (tertiary/aromatic N) is 3. The van der Waals surface area contributed by atoms with Crippen molar-refractivity contribution < 1.29 is 13.5 Å². The van der Waals surface area contributed by atoms with Gasteiger partial charge in [0.2, 0.25) is 10.0 Å². The van der Waals surface area contributed by atoms with Gasteiger partial charge >= 0.3 is 0 Å². The van der Waals surface area contributed by atoms with Crippen molar-refractivity contribution >= 4 is 10.0 Å². The lowest BCUT2D eigenvalue weighted by molar-refractivity contribution is 0.281. The van der Waals surface area contributed by atoms with Gasteiger partial charge in [0.1, 0.15) is 0 Å². The molecule has 0 fully saturated rings. The van der Waals surface area contributed by atoms with Gasteiger partial charge < -0.3 is 5.11 Å². The summed E-state index contributed by atoms with van der Waals surface area (Å²) in [4.78, 5) is 0.137. The average molecular weight is 282 g/mol. The summed E-state index contributed by atoms with van der Waals surface area (Å²) in [5, 5.41) is 16.4. The van der Waals surface area contributed by atoms with E-state index in [-0.39, 0.29) is 18.0 Å². The summed E-state index contributed by atoms with van der Waals surface area (Å²) in [5.74, 6) is 0. The van der Waals surface area contributed by atoms with Crippen molar-refractivity contribution in [2.75, 3.05) is 6.54 Å². The van der Waals surface area contributed by atoms with Gasteiger partial charge in [-0.1, -0.05) is 17.3 Å². The van der Waals surface area contributed by atoms with Gasteiger partial charge in [-0.25, -0.2) is 13.1 Å². The van der Waals surface area contributed by atoms with Crippen LogP contribution in [0.2, 0.25) is 0 Å². The molecular formula is C11H14N4O3S. The highest BCUT2D eigenvalue weighted by molar-refractivity contribution is 7.89. The molecule has 102 valence electrons. The highest BCUT2D eigenvalue weighted by atomic mass is 32.2. The highest BCUT2D eigenvalue weighted by Gasteiger charge is 2.13. The number of rotatable bonds is 6. The van der Waals surface area contributed by atoms with Crippen LogP contribution < -0.4 is 4.72 Å². The molecule has 1 heterocycles. The molecule has 2 aromatic rings. The zero-order valence-electron chi connectivity index (χ0n) is 10.1. The lowest BCUT2D eigenvalue weighted by atomic mass is 10.2. The molecule has 1 aromatic carbocycles. The number of hydrogen-bond donors (Lipinski definition) is 2. The van der Waals surface area contributed by atoms with E-state index in [9.17, 15) is 8.42 Å². The molecule has 7 nitrogen and oxygen atoms in total. The first-order valence-electron chi connectivity index (χ1n) is 5.65. The van der Waals surface area contributed by atoms with Gasteiger partial charge in [0, 0.05) is 12.7 Å². The summed E-state index contributed by atoms with van der Waals surface area (Å²) >= 11 is 0. The number of nitrogens with one attached hydrogen (secondary N) is 1. The molecule has 0 atom stereocenters. The SMILES string of the molecule is O=S(=O)(NCCn1ccnn1)c1cccc(CO)c1. The molecule has 0 saturated carbocycles. The minimum atomic E-state index is -3.57. The Morgan fingerprint density at radius 2 is 2.21 bits per heavy atom. The second-order valence-electron chi connectivity index (χ2n) is 3.87. The molecule has 0 bridgehead atoms. The molecule has 19 heavy (non-hydrogen) atoms. The summed E-state index contributed by atoms with van der Waals surface area (Å²) in [6.45, 7) is 0.427. The number of sulfonamides is 1. The molecule has 1 aromatic heterocycles. The van der Waals surface area contributed by atoms with Crippen LogP contribution >= 0.6 is 0 Å². The summed E-state index contributed by atoms with van der Waals surface area (Å²) < 4.78 is 28.0. The smallest absolute Gasteiger partial charge is 0.240 e. The zero-order valence-corrected chi connectivity index (χ0v) is 10.9. The van der Waals surface area contributed by atoms with Crippen LogP contribution in [0.25, 0.3) is 0 Å². The van der Waals surface area contributed by atoms with Gasteiger partial charge in [-0.3, -0.25) is 4.68 Å². The van der Waals surface area contributed by atoms with Crippen molar-refractivity contribution in [2.24, 2.45) is 0 Å². The molecule has 0 unspecified atom stereocenters. The van der Waals surface area contributed by atoms with E-state index in [1.54, 1.807) is 18.3 Å². The summed E-state index contributed by atoms with van der Waals surface area (Å²) in [6, 6.07) is 6.18. The second kappa shape index (κ2) is 5.91. The van der Waals surface area contributed by atoms with Gasteiger partial charge in [0.05, 0.1) is 24.2 Å². The highest BCUT2D eigenvalue weighted by Crippen LogP contribution is 2.11. The molecule has 0 aliphatic heterocycles. The van der Waals surface area contributed by atoms with Gasteiger partial charge in [0.15, 0.2) is 0 Å². The van der Waals surface area contributed by atoms with E-state index in [1.165, 1.54) is 23.0 Å². The Morgan fingerprint density at radius 1 is 1.37 bits per heavy atom. The largest absolute Gasteiger partial charge is 0.392 e.